The largest absolute Gasteiger partial charge is 0.381 e. The van der Waals surface area contributed by atoms with Crippen molar-refractivity contribution in [3.05, 3.63) is 29.3 Å². The van der Waals surface area contributed by atoms with Gasteiger partial charge >= 0.3 is 0 Å². The summed E-state index contributed by atoms with van der Waals surface area (Å²) in [5.74, 6) is -0.381. The monoisotopic (exact) mass is 247 g/mol. The van der Waals surface area contributed by atoms with E-state index in [-0.39, 0.29) is 11.9 Å². The smallest absolute Gasteiger partial charge is 0.248 e. The van der Waals surface area contributed by atoms with Crippen molar-refractivity contribution in [2.75, 3.05) is 5.32 Å². The van der Waals surface area contributed by atoms with E-state index < -0.39 is 0 Å². The van der Waals surface area contributed by atoms with Gasteiger partial charge in [0.05, 0.1) is 0 Å². The highest BCUT2D eigenvalue weighted by molar-refractivity contribution is 5.94. The first-order chi connectivity index (χ1) is 8.58. The SMILES string of the molecule is Cc1cc(N[C@@H]2CCCC[C@H]2N)ccc1C(N)=O. The zero-order chi connectivity index (χ0) is 13.1. The fraction of sp³-hybridized carbons (Fsp3) is 0.500. The van der Waals surface area contributed by atoms with Crippen LogP contribution in [0.4, 0.5) is 5.69 Å². The normalized spacial score (nSPS) is 23.7. The van der Waals surface area contributed by atoms with E-state index in [1.807, 2.05) is 19.1 Å². The summed E-state index contributed by atoms with van der Waals surface area (Å²) in [4.78, 5) is 11.2. The van der Waals surface area contributed by atoms with Gasteiger partial charge in [-0.05, 0) is 43.5 Å². The molecule has 4 nitrogen and oxygen atoms in total. The minimum absolute atomic E-state index is 0.217. The fourth-order valence-electron chi connectivity index (χ4n) is 2.58. The molecule has 18 heavy (non-hydrogen) atoms. The highest BCUT2D eigenvalue weighted by atomic mass is 16.1. The molecule has 0 radical (unpaired) electrons. The Labute approximate surface area is 108 Å². The lowest BCUT2D eigenvalue weighted by molar-refractivity contribution is 0.1000. The minimum Gasteiger partial charge on any atom is -0.381 e. The standard InChI is InChI=1S/C14H21N3O/c1-9-8-10(6-7-11(9)14(16)18)17-13-5-3-2-4-12(13)15/h6-8,12-13,17H,2-5,15H2,1H3,(H2,16,18)/t12-,13-/m1/s1. The second-order valence-corrected chi connectivity index (χ2v) is 5.09. The lowest BCUT2D eigenvalue weighted by Gasteiger charge is -2.30. The molecular weight excluding hydrogens is 226 g/mol. The van der Waals surface area contributed by atoms with E-state index in [9.17, 15) is 4.79 Å². The molecule has 5 N–H and O–H groups in total. The maximum absolute atomic E-state index is 11.2. The van der Waals surface area contributed by atoms with Crippen LogP contribution in [0.1, 0.15) is 41.6 Å². The topological polar surface area (TPSA) is 81.1 Å². The molecule has 1 saturated carbocycles. The summed E-state index contributed by atoms with van der Waals surface area (Å²) >= 11 is 0. The third kappa shape index (κ3) is 2.82. The summed E-state index contributed by atoms with van der Waals surface area (Å²) in [5.41, 5.74) is 13.9. The number of hydrogen-bond donors (Lipinski definition) is 3. The first kappa shape index (κ1) is 12.9. The summed E-state index contributed by atoms with van der Waals surface area (Å²) in [5, 5.41) is 3.46. The van der Waals surface area contributed by atoms with Gasteiger partial charge in [0.15, 0.2) is 0 Å². The first-order valence-electron chi connectivity index (χ1n) is 6.50. The van der Waals surface area contributed by atoms with Crippen molar-refractivity contribution in [2.24, 2.45) is 11.5 Å². The van der Waals surface area contributed by atoms with E-state index in [1.165, 1.54) is 12.8 Å². The number of anilines is 1. The number of nitrogens with one attached hydrogen (secondary N) is 1. The van der Waals surface area contributed by atoms with Crippen LogP contribution in [0.3, 0.4) is 0 Å². The Morgan fingerprint density at radius 1 is 1.33 bits per heavy atom. The Morgan fingerprint density at radius 3 is 2.67 bits per heavy atom. The maximum Gasteiger partial charge on any atom is 0.248 e. The van der Waals surface area contributed by atoms with E-state index in [4.69, 9.17) is 11.5 Å². The molecule has 4 heteroatoms. The van der Waals surface area contributed by atoms with Gasteiger partial charge in [0.25, 0.3) is 0 Å². The highest BCUT2D eigenvalue weighted by Crippen LogP contribution is 2.22. The zero-order valence-corrected chi connectivity index (χ0v) is 10.8. The van der Waals surface area contributed by atoms with Crippen molar-refractivity contribution in [1.29, 1.82) is 0 Å². The lowest BCUT2D eigenvalue weighted by Crippen LogP contribution is -2.42. The van der Waals surface area contributed by atoms with Crippen LogP contribution in [0.25, 0.3) is 0 Å². The van der Waals surface area contributed by atoms with E-state index in [0.717, 1.165) is 24.1 Å². The Morgan fingerprint density at radius 2 is 2.06 bits per heavy atom. The molecule has 0 spiro atoms. The predicted molar refractivity (Wildman–Crippen MR) is 73.6 cm³/mol. The van der Waals surface area contributed by atoms with Crippen LogP contribution in [0.2, 0.25) is 0 Å². The molecule has 2 rings (SSSR count). The fourth-order valence-corrected chi connectivity index (χ4v) is 2.58. The molecule has 1 aliphatic rings. The van der Waals surface area contributed by atoms with Gasteiger partial charge in [0.1, 0.15) is 0 Å². The van der Waals surface area contributed by atoms with E-state index in [0.29, 0.717) is 11.6 Å². The lowest BCUT2D eigenvalue weighted by atomic mass is 9.91. The average Bonchev–Trinajstić information content (AvgIpc) is 2.32. The molecule has 1 aliphatic carbocycles. The number of aryl methyl sites for hydroxylation is 1. The van der Waals surface area contributed by atoms with Gasteiger partial charge in [-0.3, -0.25) is 4.79 Å². The Kier molecular flexibility index (Phi) is 3.87. The van der Waals surface area contributed by atoms with Crippen molar-refractivity contribution < 1.29 is 4.79 Å². The van der Waals surface area contributed by atoms with Gasteiger partial charge in [-0.25, -0.2) is 0 Å². The van der Waals surface area contributed by atoms with Crippen molar-refractivity contribution in [2.45, 2.75) is 44.7 Å². The van der Waals surface area contributed by atoms with Gasteiger partial charge in [0, 0.05) is 23.3 Å². The third-order valence-electron chi connectivity index (χ3n) is 3.66. The molecule has 0 saturated heterocycles. The van der Waals surface area contributed by atoms with E-state index >= 15 is 0 Å². The molecule has 2 atom stereocenters. The van der Waals surface area contributed by atoms with Crippen molar-refractivity contribution >= 4 is 11.6 Å². The first-order valence-corrected chi connectivity index (χ1v) is 6.50. The van der Waals surface area contributed by atoms with Gasteiger partial charge in [-0.1, -0.05) is 12.8 Å². The minimum atomic E-state index is -0.381. The Hall–Kier alpha value is -1.55. The van der Waals surface area contributed by atoms with Crippen LogP contribution in [-0.2, 0) is 0 Å². The molecule has 0 aliphatic heterocycles. The molecule has 0 bridgehead atoms. The second-order valence-electron chi connectivity index (χ2n) is 5.09. The number of carbonyl (C=O) groups excluding carboxylic acids is 1. The zero-order valence-electron chi connectivity index (χ0n) is 10.8. The van der Waals surface area contributed by atoms with Gasteiger partial charge in [-0.15, -0.1) is 0 Å². The predicted octanol–water partition coefficient (Wildman–Crippen LogP) is 1.78. The van der Waals surface area contributed by atoms with Crippen LogP contribution in [0, 0.1) is 6.92 Å². The highest BCUT2D eigenvalue weighted by Gasteiger charge is 2.21. The van der Waals surface area contributed by atoms with Gasteiger partial charge < -0.3 is 16.8 Å². The Bertz CT molecular complexity index is 445. The number of hydrogen-bond acceptors (Lipinski definition) is 3. The number of primary amides is 1. The van der Waals surface area contributed by atoms with Crippen LogP contribution in [-0.4, -0.2) is 18.0 Å². The molecule has 1 aromatic rings. The van der Waals surface area contributed by atoms with Crippen LogP contribution >= 0.6 is 0 Å². The number of amides is 1. The van der Waals surface area contributed by atoms with Gasteiger partial charge in [-0.2, -0.15) is 0 Å². The quantitative estimate of drug-likeness (QED) is 0.761. The summed E-state index contributed by atoms with van der Waals surface area (Å²) in [7, 11) is 0. The van der Waals surface area contributed by atoms with Crippen molar-refractivity contribution in [1.82, 2.24) is 0 Å². The number of rotatable bonds is 3. The van der Waals surface area contributed by atoms with Gasteiger partial charge in [0.2, 0.25) is 5.91 Å². The summed E-state index contributed by atoms with van der Waals surface area (Å²) in [6.07, 6.45) is 4.64. The van der Waals surface area contributed by atoms with Crippen LogP contribution < -0.4 is 16.8 Å². The second kappa shape index (κ2) is 5.40. The Balaban J connectivity index is 2.10. The summed E-state index contributed by atoms with van der Waals surface area (Å²) in [6, 6.07) is 6.18. The van der Waals surface area contributed by atoms with Crippen molar-refractivity contribution in [3.8, 4) is 0 Å². The summed E-state index contributed by atoms with van der Waals surface area (Å²) in [6.45, 7) is 1.89. The number of benzene rings is 1. The molecule has 1 fully saturated rings. The van der Waals surface area contributed by atoms with Crippen LogP contribution in [0.5, 0.6) is 0 Å². The molecule has 1 amide bonds. The molecule has 0 heterocycles. The molecule has 0 aromatic heterocycles. The third-order valence-corrected chi connectivity index (χ3v) is 3.66. The molecule has 98 valence electrons. The maximum atomic E-state index is 11.2. The van der Waals surface area contributed by atoms with Crippen molar-refractivity contribution in [3.63, 3.8) is 0 Å². The van der Waals surface area contributed by atoms with E-state index in [2.05, 4.69) is 5.32 Å². The molecule has 1 aromatic carbocycles. The molecular formula is C14H21N3O. The molecule has 0 unspecified atom stereocenters. The average molecular weight is 247 g/mol. The van der Waals surface area contributed by atoms with Crippen LogP contribution in [0.15, 0.2) is 18.2 Å². The number of nitrogens with two attached hydrogens (primary N) is 2. The summed E-state index contributed by atoms with van der Waals surface area (Å²) < 4.78 is 0. The van der Waals surface area contributed by atoms with E-state index in [1.54, 1.807) is 6.07 Å². The number of carbonyl (C=O) groups is 1.